The van der Waals surface area contributed by atoms with Crippen LogP contribution >= 0.6 is 15.9 Å². The van der Waals surface area contributed by atoms with Crippen molar-refractivity contribution in [3.05, 3.63) is 28.7 Å². The summed E-state index contributed by atoms with van der Waals surface area (Å²) >= 11 is 3.39. The zero-order valence-corrected chi connectivity index (χ0v) is 14.8. The summed E-state index contributed by atoms with van der Waals surface area (Å²) < 4.78 is 6.60. The van der Waals surface area contributed by atoms with Gasteiger partial charge in [0.2, 0.25) is 0 Å². The lowest BCUT2D eigenvalue weighted by Gasteiger charge is -2.35. The lowest BCUT2D eigenvalue weighted by Crippen LogP contribution is -2.49. The molecule has 0 radical (unpaired) electrons. The summed E-state index contributed by atoms with van der Waals surface area (Å²) in [6.07, 6.45) is 4.70. The van der Waals surface area contributed by atoms with Gasteiger partial charge in [0.25, 0.3) is 5.91 Å². The molecule has 1 aromatic carbocycles. The van der Waals surface area contributed by atoms with Crippen molar-refractivity contribution in [3.63, 3.8) is 0 Å². The van der Waals surface area contributed by atoms with E-state index in [4.69, 9.17) is 4.74 Å². The molecule has 2 aliphatic rings. The van der Waals surface area contributed by atoms with Crippen LogP contribution in [-0.2, 0) is 4.79 Å². The van der Waals surface area contributed by atoms with Gasteiger partial charge in [-0.05, 0) is 31.0 Å². The van der Waals surface area contributed by atoms with Crippen molar-refractivity contribution >= 4 is 27.9 Å². The van der Waals surface area contributed by atoms with Crippen LogP contribution in [0.4, 0.5) is 4.79 Å². The molecular weight excluding hydrogens is 360 g/mol. The molecule has 3 amide bonds. The number of likely N-dealkylation sites (N-methyl/N-ethyl adjacent to an activating group) is 1. The molecule has 1 heterocycles. The molecule has 23 heavy (non-hydrogen) atoms. The minimum absolute atomic E-state index is 0.0532. The van der Waals surface area contributed by atoms with Gasteiger partial charge >= 0.3 is 6.03 Å². The second-order valence-corrected chi connectivity index (χ2v) is 7.11. The molecule has 0 bridgehead atoms. The van der Waals surface area contributed by atoms with Crippen molar-refractivity contribution in [2.45, 2.75) is 37.6 Å². The fourth-order valence-electron chi connectivity index (χ4n) is 3.54. The summed E-state index contributed by atoms with van der Waals surface area (Å²) in [6.45, 7) is 0.591. The summed E-state index contributed by atoms with van der Waals surface area (Å²) in [5.74, 6) is 0.668. The zero-order chi connectivity index (χ0) is 16.4. The highest BCUT2D eigenvalue weighted by Gasteiger charge is 2.55. The third-order valence-electron chi connectivity index (χ3n) is 4.86. The number of urea groups is 1. The van der Waals surface area contributed by atoms with Gasteiger partial charge in [-0.15, -0.1) is 0 Å². The quantitative estimate of drug-likeness (QED) is 0.751. The molecule has 1 saturated heterocycles. The highest BCUT2D eigenvalue weighted by Crippen LogP contribution is 2.39. The maximum absolute atomic E-state index is 12.8. The highest BCUT2D eigenvalue weighted by molar-refractivity contribution is 9.10. The van der Waals surface area contributed by atoms with Gasteiger partial charge < -0.3 is 9.64 Å². The third kappa shape index (κ3) is 2.96. The molecule has 1 saturated carbocycles. The Morgan fingerprint density at radius 3 is 2.65 bits per heavy atom. The van der Waals surface area contributed by atoms with Crippen molar-refractivity contribution < 1.29 is 14.3 Å². The Balaban J connectivity index is 1.64. The number of ether oxygens (including phenoxy) is 1. The lowest BCUT2D eigenvalue weighted by molar-refractivity contribution is -0.134. The second-order valence-electron chi connectivity index (χ2n) is 6.20. The van der Waals surface area contributed by atoms with Gasteiger partial charge in [0.15, 0.2) is 0 Å². The van der Waals surface area contributed by atoms with E-state index in [1.54, 1.807) is 11.9 Å². The minimum Gasteiger partial charge on any atom is -0.492 e. The van der Waals surface area contributed by atoms with Crippen molar-refractivity contribution in [3.8, 4) is 5.75 Å². The molecule has 6 heteroatoms. The number of amides is 3. The number of hydrogen-bond acceptors (Lipinski definition) is 3. The van der Waals surface area contributed by atoms with E-state index in [2.05, 4.69) is 15.9 Å². The standard InChI is InChI=1S/C17H21BrN2O3/c1-19-16(22)20(15(21)17(19)8-3-2-4-9-17)10-11-23-14-7-5-6-13(18)12-14/h5-7,12H,2-4,8-11H2,1H3. The van der Waals surface area contributed by atoms with E-state index >= 15 is 0 Å². The van der Waals surface area contributed by atoms with Crippen molar-refractivity contribution in [1.82, 2.24) is 9.80 Å². The smallest absolute Gasteiger partial charge is 0.327 e. The van der Waals surface area contributed by atoms with E-state index in [1.807, 2.05) is 24.3 Å². The molecule has 2 fully saturated rings. The Kier molecular flexibility index (Phi) is 4.62. The number of rotatable bonds is 4. The van der Waals surface area contributed by atoms with E-state index in [0.29, 0.717) is 6.61 Å². The fourth-order valence-corrected chi connectivity index (χ4v) is 3.92. The van der Waals surface area contributed by atoms with Gasteiger partial charge in [0.05, 0.1) is 6.54 Å². The summed E-state index contributed by atoms with van der Waals surface area (Å²) in [5.41, 5.74) is -0.606. The molecule has 0 atom stereocenters. The first-order valence-corrected chi connectivity index (χ1v) is 8.82. The lowest BCUT2D eigenvalue weighted by atomic mass is 9.81. The zero-order valence-electron chi connectivity index (χ0n) is 13.3. The molecule has 1 spiro atoms. The Morgan fingerprint density at radius 1 is 1.22 bits per heavy atom. The predicted octanol–water partition coefficient (Wildman–Crippen LogP) is 3.42. The molecule has 1 aromatic rings. The van der Waals surface area contributed by atoms with Crippen LogP contribution in [0.1, 0.15) is 32.1 Å². The van der Waals surface area contributed by atoms with Crippen LogP contribution in [0.3, 0.4) is 0 Å². The van der Waals surface area contributed by atoms with Gasteiger partial charge in [0, 0.05) is 11.5 Å². The number of benzene rings is 1. The average Bonchev–Trinajstić information content (AvgIpc) is 2.72. The SMILES string of the molecule is CN1C(=O)N(CCOc2cccc(Br)c2)C(=O)C12CCCCC2. The Hall–Kier alpha value is -1.56. The maximum Gasteiger partial charge on any atom is 0.327 e. The number of nitrogens with zero attached hydrogens (tertiary/aromatic N) is 2. The van der Waals surface area contributed by atoms with Gasteiger partial charge in [0.1, 0.15) is 17.9 Å². The predicted molar refractivity (Wildman–Crippen MR) is 90.3 cm³/mol. The Bertz CT molecular complexity index is 614. The first-order chi connectivity index (χ1) is 11.0. The molecule has 1 aliphatic heterocycles. The molecular formula is C17H21BrN2O3. The molecule has 5 nitrogen and oxygen atoms in total. The maximum atomic E-state index is 12.8. The Morgan fingerprint density at radius 2 is 1.96 bits per heavy atom. The van der Waals surface area contributed by atoms with Crippen LogP contribution in [0.5, 0.6) is 5.75 Å². The van der Waals surface area contributed by atoms with E-state index in [9.17, 15) is 9.59 Å². The van der Waals surface area contributed by atoms with E-state index in [1.165, 1.54) is 4.90 Å². The fraction of sp³-hybridized carbons (Fsp3) is 0.529. The molecule has 3 rings (SSSR count). The summed E-state index contributed by atoms with van der Waals surface area (Å²) in [5, 5.41) is 0. The van der Waals surface area contributed by atoms with Gasteiger partial charge in [-0.25, -0.2) is 4.79 Å². The summed E-state index contributed by atoms with van der Waals surface area (Å²) in [4.78, 5) is 28.3. The first kappa shape index (κ1) is 16.3. The molecule has 0 aromatic heterocycles. The molecule has 124 valence electrons. The van der Waals surface area contributed by atoms with E-state index in [0.717, 1.165) is 42.3 Å². The van der Waals surface area contributed by atoms with E-state index in [-0.39, 0.29) is 18.5 Å². The minimum atomic E-state index is -0.606. The van der Waals surface area contributed by atoms with Crippen LogP contribution < -0.4 is 4.74 Å². The summed E-state index contributed by atoms with van der Waals surface area (Å²) in [6, 6.07) is 7.32. The number of carbonyl (C=O) groups excluding carboxylic acids is 2. The van der Waals surface area contributed by atoms with Crippen LogP contribution in [0.15, 0.2) is 28.7 Å². The monoisotopic (exact) mass is 380 g/mol. The number of hydrogen-bond donors (Lipinski definition) is 0. The van der Waals surface area contributed by atoms with Crippen LogP contribution in [-0.4, -0.2) is 47.5 Å². The van der Waals surface area contributed by atoms with Crippen molar-refractivity contribution in [2.75, 3.05) is 20.2 Å². The second kappa shape index (κ2) is 6.51. The number of halogens is 1. The van der Waals surface area contributed by atoms with E-state index < -0.39 is 5.54 Å². The molecule has 1 aliphatic carbocycles. The largest absolute Gasteiger partial charge is 0.492 e. The van der Waals surface area contributed by atoms with Crippen molar-refractivity contribution in [1.29, 1.82) is 0 Å². The number of imide groups is 1. The van der Waals surface area contributed by atoms with Crippen molar-refractivity contribution in [2.24, 2.45) is 0 Å². The van der Waals surface area contributed by atoms with Gasteiger partial charge in [-0.2, -0.15) is 0 Å². The average molecular weight is 381 g/mol. The van der Waals surface area contributed by atoms with Gasteiger partial charge in [-0.1, -0.05) is 41.3 Å². The van der Waals surface area contributed by atoms with Crippen LogP contribution in [0, 0.1) is 0 Å². The third-order valence-corrected chi connectivity index (χ3v) is 5.36. The topological polar surface area (TPSA) is 49.9 Å². The first-order valence-electron chi connectivity index (χ1n) is 8.03. The van der Waals surface area contributed by atoms with Crippen LogP contribution in [0.2, 0.25) is 0 Å². The Labute approximate surface area is 144 Å². The van der Waals surface area contributed by atoms with Gasteiger partial charge in [-0.3, -0.25) is 9.69 Å². The number of carbonyl (C=O) groups is 2. The highest BCUT2D eigenvalue weighted by atomic mass is 79.9. The molecule has 0 unspecified atom stereocenters. The molecule has 0 N–H and O–H groups in total. The van der Waals surface area contributed by atoms with Crippen LogP contribution in [0.25, 0.3) is 0 Å². The summed E-state index contributed by atoms with van der Waals surface area (Å²) in [7, 11) is 1.75. The normalized spacial score (nSPS) is 20.4.